The Morgan fingerprint density at radius 2 is 0.708 bits per heavy atom. The lowest BCUT2D eigenvalue weighted by Crippen LogP contribution is -2.61. The summed E-state index contributed by atoms with van der Waals surface area (Å²) in [6, 6.07) is 90.9. The molecule has 0 bridgehead atoms. The number of benzene rings is 12. The molecule has 0 unspecified atom stereocenters. The van der Waals surface area contributed by atoms with Crippen LogP contribution in [-0.4, -0.2) is 15.8 Å². The summed E-state index contributed by atoms with van der Waals surface area (Å²) in [5, 5.41) is 9.88. The zero-order chi connectivity index (χ0) is 61.2. The summed E-state index contributed by atoms with van der Waals surface area (Å²) in [7, 11) is 0. The van der Waals surface area contributed by atoms with E-state index in [9.17, 15) is 0 Å². The van der Waals surface area contributed by atoms with Crippen molar-refractivity contribution in [1.82, 2.24) is 9.13 Å². The minimum absolute atomic E-state index is 0.0941. The van der Waals surface area contributed by atoms with Crippen molar-refractivity contribution in [2.45, 2.75) is 105 Å². The van der Waals surface area contributed by atoms with Gasteiger partial charge in [-0.05, 0) is 184 Å². The van der Waals surface area contributed by atoms with E-state index in [0.717, 1.165) is 28.0 Å². The highest BCUT2D eigenvalue weighted by molar-refractivity contribution is 7.00. The van der Waals surface area contributed by atoms with Crippen molar-refractivity contribution in [3.05, 3.63) is 259 Å². The Bertz CT molecular complexity index is 4990. The van der Waals surface area contributed by atoms with Crippen LogP contribution in [0, 0.1) is 0 Å². The number of hydrogen-bond acceptors (Lipinski definition) is 2. The van der Waals surface area contributed by atoms with Gasteiger partial charge in [0.1, 0.15) is 0 Å². The van der Waals surface area contributed by atoms with E-state index < -0.39 is 0 Å². The van der Waals surface area contributed by atoms with E-state index in [-0.39, 0.29) is 28.4 Å². The first-order chi connectivity index (χ1) is 42.7. The third-order valence-corrected chi connectivity index (χ3v) is 19.5. The Hall–Kier alpha value is -9.58. The van der Waals surface area contributed by atoms with Crippen LogP contribution in [0.15, 0.2) is 237 Å². The van der Waals surface area contributed by atoms with Crippen LogP contribution in [0.1, 0.15) is 105 Å². The molecule has 2 aliphatic heterocycles. The maximum Gasteiger partial charge on any atom is 0.252 e. The fourth-order valence-electron chi connectivity index (χ4n) is 14.7. The third-order valence-electron chi connectivity index (χ3n) is 19.5. The largest absolute Gasteiger partial charge is 0.311 e. The quantitative estimate of drug-likeness (QED) is 0.160. The molecule has 0 spiro atoms. The van der Waals surface area contributed by atoms with Gasteiger partial charge in [0.15, 0.2) is 0 Å². The van der Waals surface area contributed by atoms with E-state index in [2.05, 4.69) is 339 Å². The van der Waals surface area contributed by atoms with Gasteiger partial charge in [0.25, 0.3) is 6.71 Å². The molecule has 2 aromatic heterocycles. The summed E-state index contributed by atoms with van der Waals surface area (Å²) in [4.78, 5) is 5.33. The lowest BCUT2D eigenvalue weighted by Gasteiger charge is -2.45. The Labute approximate surface area is 524 Å². The molecule has 14 aromatic rings. The molecule has 0 N–H and O–H groups in total. The maximum absolute atomic E-state index is 2.67. The molecule has 0 aliphatic carbocycles. The van der Waals surface area contributed by atoms with Crippen LogP contribution in [-0.2, 0) is 21.7 Å². The molecule has 0 amide bonds. The summed E-state index contributed by atoms with van der Waals surface area (Å²) >= 11 is 0. The highest BCUT2D eigenvalue weighted by Crippen LogP contribution is 2.51. The lowest BCUT2D eigenvalue weighted by molar-refractivity contribution is 0.568. The third kappa shape index (κ3) is 8.70. The second-order valence-corrected chi connectivity index (χ2v) is 29.5. The van der Waals surface area contributed by atoms with Crippen molar-refractivity contribution in [3.8, 4) is 22.5 Å². The molecule has 0 saturated carbocycles. The molecular formula is C84H75BN4. The summed E-state index contributed by atoms with van der Waals surface area (Å²) in [6.45, 7) is 28.3. The molecule has 0 fully saturated rings. The van der Waals surface area contributed by atoms with E-state index in [0.29, 0.717) is 0 Å². The van der Waals surface area contributed by atoms with Crippen LogP contribution in [0.5, 0.6) is 0 Å². The molecule has 5 heteroatoms. The first-order valence-electron chi connectivity index (χ1n) is 31.9. The highest BCUT2D eigenvalue weighted by Gasteiger charge is 2.45. The molecule has 4 heterocycles. The summed E-state index contributed by atoms with van der Waals surface area (Å²) < 4.78 is 5.00. The SMILES string of the molecule is CC(C)(C)c1cc(N2c3cc4ccccc4cc3B3c4cc5ccccc5cc4N(c4cc(C(C)(C)C)cc(C(C)(C)C)c4)c4cc(-c5ccc6c7c(ccc8c9ccccc9n(-c9ccccc9)c87)n(-c7ccccc7)c6c5)cc2c43)cc(C(C)(C)C)c1. The number of aromatic nitrogens is 2. The van der Waals surface area contributed by atoms with Gasteiger partial charge >= 0.3 is 0 Å². The van der Waals surface area contributed by atoms with Gasteiger partial charge in [0.2, 0.25) is 0 Å². The molecule has 2 aliphatic rings. The second-order valence-electron chi connectivity index (χ2n) is 29.5. The number of fused-ring (bicyclic) bond motifs is 13. The van der Waals surface area contributed by atoms with Crippen LogP contribution in [0.25, 0.3) is 87.7 Å². The van der Waals surface area contributed by atoms with Crippen LogP contribution in [0.4, 0.5) is 34.1 Å². The van der Waals surface area contributed by atoms with Crippen LogP contribution < -0.4 is 26.2 Å². The van der Waals surface area contributed by atoms with Crippen LogP contribution >= 0.6 is 0 Å². The molecule has 12 aromatic carbocycles. The van der Waals surface area contributed by atoms with Crippen LogP contribution in [0.3, 0.4) is 0 Å². The average molecular weight is 1150 g/mol. The summed E-state index contributed by atoms with van der Waals surface area (Å²) in [6.07, 6.45) is 0. The number of nitrogens with zero attached hydrogens (tertiary/aromatic N) is 4. The molecule has 0 saturated heterocycles. The van der Waals surface area contributed by atoms with Crippen LogP contribution in [0.2, 0.25) is 0 Å². The normalized spacial score (nSPS) is 13.6. The summed E-state index contributed by atoms with van der Waals surface area (Å²) in [5.41, 5.74) is 25.2. The molecule has 16 rings (SSSR count). The smallest absolute Gasteiger partial charge is 0.252 e. The van der Waals surface area contributed by atoms with Gasteiger partial charge < -0.3 is 18.9 Å². The van der Waals surface area contributed by atoms with E-state index in [1.807, 2.05) is 0 Å². The Morgan fingerprint density at radius 3 is 1.19 bits per heavy atom. The fourth-order valence-corrected chi connectivity index (χ4v) is 14.7. The van der Waals surface area contributed by atoms with Gasteiger partial charge in [-0.2, -0.15) is 0 Å². The second kappa shape index (κ2) is 19.5. The fraction of sp³-hybridized carbons (Fsp3) is 0.190. The van der Waals surface area contributed by atoms with Crippen molar-refractivity contribution >= 4 is 122 Å². The van der Waals surface area contributed by atoms with Crippen molar-refractivity contribution in [2.24, 2.45) is 0 Å². The highest BCUT2D eigenvalue weighted by atomic mass is 15.2. The number of hydrogen-bond donors (Lipinski definition) is 0. The predicted octanol–water partition coefficient (Wildman–Crippen LogP) is 21.1. The van der Waals surface area contributed by atoms with Gasteiger partial charge in [-0.3, -0.25) is 0 Å². The molecule has 4 nitrogen and oxygen atoms in total. The summed E-state index contributed by atoms with van der Waals surface area (Å²) in [5.74, 6) is 0. The van der Waals surface area contributed by atoms with Gasteiger partial charge in [-0.15, -0.1) is 0 Å². The molecule has 434 valence electrons. The molecule has 0 atom stereocenters. The first kappa shape index (κ1) is 54.8. The van der Waals surface area contributed by atoms with Gasteiger partial charge in [-0.1, -0.05) is 229 Å². The van der Waals surface area contributed by atoms with E-state index >= 15 is 0 Å². The standard InChI is InChI=1S/C84H75BN4/c1-81(2,3)58-46-59(82(4,5)6)49-64(48-58)87-74-42-54-27-21-19-25-52(54)39-69(74)85-70-40-53-26-20-22-28-55(53)43-75(70)88(65-50-60(83(7,8)9)47-61(51-65)84(10,11)12)77-45-57(44-76(87)79(77)85)56-35-36-68-73(41-56)86(62-29-15-13-16-30-62)72-38-37-67-66-33-23-24-34-71(66)89(80(67)78(68)72)63-31-17-14-18-32-63/h13-51H,1-12H3. The topological polar surface area (TPSA) is 16.3 Å². The lowest BCUT2D eigenvalue weighted by atomic mass is 9.33. The molecular weight excluding hydrogens is 1080 g/mol. The Morgan fingerprint density at radius 1 is 0.281 bits per heavy atom. The van der Waals surface area contributed by atoms with Gasteiger partial charge in [0, 0.05) is 67.0 Å². The monoisotopic (exact) mass is 1150 g/mol. The van der Waals surface area contributed by atoms with E-state index in [4.69, 9.17) is 0 Å². The Balaban J connectivity index is 1.06. The zero-order valence-electron chi connectivity index (χ0n) is 53.4. The van der Waals surface area contributed by atoms with Crippen molar-refractivity contribution < 1.29 is 0 Å². The van der Waals surface area contributed by atoms with Crippen molar-refractivity contribution in [3.63, 3.8) is 0 Å². The number of para-hydroxylation sites is 3. The predicted molar refractivity (Wildman–Crippen MR) is 384 cm³/mol. The Kier molecular flexibility index (Phi) is 12.0. The van der Waals surface area contributed by atoms with Crippen molar-refractivity contribution in [2.75, 3.05) is 9.80 Å². The minimum atomic E-state index is -0.116. The molecule has 89 heavy (non-hydrogen) atoms. The number of rotatable bonds is 5. The average Bonchev–Trinajstić information content (AvgIpc) is 1.23. The van der Waals surface area contributed by atoms with Gasteiger partial charge in [0.05, 0.1) is 22.1 Å². The van der Waals surface area contributed by atoms with E-state index in [1.165, 1.54) is 132 Å². The van der Waals surface area contributed by atoms with E-state index in [1.54, 1.807) is 0 Å². The number of anilines is 6. The van der Waals surface area contributed by atoms with Crippen molar-refractivity contribution in [1.29, 1.82) is 0 Å². The zero-order valence-corrected chi connectivity index (χ0v) is 53.4. The maximum atomic E-state index is 2.67. The molecule has 0 radical (unpaired) electrons. The first-order valence-corrected chi connectivity index (χ1v) is 31.9. The van der Waals surface area contributed by atoms with Gasteiger partial charge in [-0.25, -0.2) is 0 Å². The minimum Gasteiger partial charge on any atom is -0.311 e.